The molecule has 1 aromatic heterocycles. The minimum absolute atomic E-state index is 0.00776. The van der Waals surface area contributed by atoms with Gasteiger partial charge in [-0.3, -0.25) is 9.78 Å². The first kappa shape index (κ1) is 18.3. The minimum Gasteiger partial charge on any atom is -0.497 e. The molecule has 5 nitrogen and oxygen atoms in total. The summed E-state index contributed by atoms with van der Waals surface area (Å²) in [5.41, 5.74) is 0.298. The monoisotopic (exact) mass is 362 g/mol. The van der Waals surface area contributed by atoms with E-state index in [0.717, 1.165) is 17.8 Å². The molecule has 3 rings (SSSR count). The zero-order valence-corrected chi connectivity index (χ0v) is 14.5. The van der Waals surface area contributed by atoms with Gasteiger partial charge in [0.25, 0.3) is 5.91 Å². The maximum absolute atomic E-state index is 14.1. The number of aromatic nitrogens is 1. The second kappa shape index (κ2) is 8.23. The first-order valence-corrected chi connectivity index (χ1v) is 8.42. The molecule has 7 heteroatoms. The summed E-state index contributed by atoms with van der Waals surface area (Å²) in [6.07, 6.45) is 2.92. The predicted octanol–water partition coefficient (Wildman–Crippen LogP) is 3.19. The summed E-state index contributed by atoms with van der Waals surface area (Å²) in [6, 6.07) is 7.64. The number of carbonyl (C=O) groups excluding carboxylic acids is 1. The molecule has 0 atom stereocenters. The number of likely N-dealkylation sites (tertiary alicyclic amines) is 1. The number of rotatable bonds is 5. The lowest BCUT2D eigenvalue weighted by atomic mass is 10.1. The molecule has 0 N–H and O–H groups in total. The molecule has 0 saturated carbocycles. The highest BCUT2D eigenvalue weighted by atomic mass is 19.1. The lowest BCUT2D eigenvalue weighted by molar-refractivity contribution is -0.00179. The first-order chi connectivity index (χ1) is 12.6. The molecule has 0 unspecified atom stereocenters. The normalized spacial score (nSPS) is 15.1. The Bertz CT molecular complexity index is 740. The summed E-state index contributed by atoms with van der Waals surface area (Å²) >= 11 is 0. The van der Waals surface area contributed by atoms with Crippen LogP contribution in [0.1, 0.15) is 28.9 Å². The molecule has 1 saturated heterocycles. The van der Waals surface area contributed by atoms with E-state index in [1.807, 2.05) is 18.2 Å². The molecule has 1 fully saturated rings. The predicted molar refractivity (Wildman–Crippen MR) is 90.9 cm³/mol. The van der Waals surface area contributed by atoms with Crippen LogP contribution in [0.25, 0.3) is 0 Å². The number of piperidine rings is 1. The van der Waals surface area contributed by atoms with Crippen LogP contribution in [0, 0.1) is 11.6 Å². The van der Waals surface area contributed by atoms with E-state index in [1.54, 1.807) is 6.20 Å². The number of nitrogens with zero attached hydrogens (tertiary/aromatic N) is 2. The number of ether oxygens (including phenoxy) is 2. The molecule has 1 aliphatic rings. The number of hydrogen-bond acceptors (Lipinski definition) is 4. The molecule has 138 valence electrons. The summed E-state index contributed by atoms with van der Waals surface area (Å²) in [5, 5.41) is 0. The van der Waals surface area contributed by atoms with Gasteiger partial charge in [0.15, 0.2) is 0 Å². The largest absolute Gasteiger partial charge is 0.497 e. The van der Waals surface area contributed by atoms with Gasteiger partial charge in [-0.25, -0.2) is 8.78 Å². The number of amides is 1. The Kier molecular flexibility index (Phi) is 5.78. The number of benzene rings is 1. The Labute approximate surface area is 150 Å². The third-order valence-electron chi connectivity index (χ3n) is 4.39. The number of methoxy groups -OCH3 is 1. The van der Waals surface area contributed by atoms with Gasteiger partial charge < -0.3 is 14.4 Å². The van der Waals surface area contributed by atoms with Crippen LogP contribution < -0.4 is 4.74 Å². The van der Waals surface area contributed by atoms with E-state index < -0.39 is 23.1 Å². The number of pyridine rings is 1. The van der Waals surface area contributed by atoms with Crippen LogP contribution in [0.4, 0.5) is 8.78 Å². The van der Waals surface area contributed by atoms with Gasteiger partial charge in [0.1, 0.15) is 22.9 Å². The zero-order chi connectivity index (χ0) is 18.5. The van der Waals surface area contributed by atoms with Gasteiger partial charge in [-0.2, -0.15) is 0 Å². The highest BCUT2D eigenvalue weighted by Gasteiger charge is 2.28. The number of hydrogen-bond donors (Lipinski definition) is 0. The van der Waals surface area contributed by atoms with Crippen molar-refractivity contribution in [1.29, 1.82) is 0 Å². The number of carbonyl (C=O) groups is 1. The van der Waals surface area contributed by atoms with E-state index in [-0.39, 0.29) is 11.9 Å². The van der Waals surface area contributed by atoms with Crippen molar-refractivity contribution in [2.75, 3.05) is 20.2 Å². The Morgan fingerprint density at radius 1 is 1.23 bits per heavy atom. The molecule has 2 heterocycles. The summed E-state index contributed by atoms with van der Waals surface area (Å²) < 4.78 is 38.8. The third-order valence-corrected chi connectivity index (χ3v) is 4.39. The van der Waals surface area contributed by atoms with E-state index in [4.69, 9.17) is 9.47 Å². The van der Waals surface area contributed by atoms with Gasteiger partial charge in [-0.05, 0) is 25.0 Å². The maximum atomic E-state index is 14.1. The molecule has 0 spiro atoms. The van der Waals surface area contributed by atoms with Crippen molar-refractivity contribution in [2.45, 2.75) is 25.6 Å². The molecular formula is C19H20F2N2O3. The average molecular weight is 362 g/mol. The molecule has 1 aliphatic heterocycles. The zero-order valence-electron chi connectivity index (χ0n) is 14.5. The molecule has 0 radical (unpaired) electrons. The summed E-state index contributed by atoms with van der Waals surface area (Å²) in [5.74, 6) is -2.44. The van der Waals surface area contributed by atoms with Crippen molar-refractivity contribution < 1.29 is 23.0 Å². The lowest BCUT2D eigenvalue weighted by Crippen LogP contribution is -2.41. The fourth-order valence-corrected chi connectivity index (χ4v) is 2.94. The fourth-order valence-electron chi connectivity index (χ4n) is 2.94. The van der Waals surface area contributed by atoms with Gasteiger partial charge in [0, 0.05) is 31.4 Å². The first-order valence-electron chi connectivity index (χ1n) is 8.42. The Morgan fingerprint density at radius 3 is 2.50 bits per heavy atom. The minimum atomic E-state index is -0.916. The molecule has 1 amide bonds. The Balaban J connectivity index is 1.57. The highest BCUT2D eigenvalue weighted by molar-refractivity contribution is 5.95. The van der Waals surface area contributed by atoms with Crippen LogP contribution in [0.15, 0.2) is 36.5 Å². The molecule has 0 aliphatic carbocycles. The average Bonchev–Trinajstić information content (AvgIpc) is 2.67. The van der Waals surface area contributed by atoms with Crippen LogP contribution in [0.3, 0.4) is 0 Å². The van der Waals surface area contributed by atoms with Crippen molar-refractivity contribution in [3.05, 3.63) is 59.4 Å². The summed E-state index contributed by atoms with van der Waals surface area (Å²) in [7, 11) is 1.31. The molecule has 26 heavy (non-hydrogen) atoms. The van der Waals surface area contributed by atoms with Gasteiger partial charge >= 0.3 is 0 Å². The smallest absolute Gasteiger partial charge is 0.259 e. The summed E-state index contributed by atoms with van der Waals surface area (Å²) in [6.45, 7) is 1.18. The van der Waals surface area contributed by atoms with Crippen molar-refractivity contribution in [3.8, 4) is 5.75 Å². The Morgan fingerprint density at radius 2 is 1.92 bits per heavy atom. The topological polar surface area (TPSA) is 51.7 Å². The molecule has 1 aromatic carbocycles. The number of halogens is 2. The van der Waals surface area contributed by atoms with Crippen LogP contribution >= 0.6 is 0 Å². The maximum Gasteiger partial charge on any atom is 0.259 e. The van der Waals surface area contributed by atoms with Gasteiger partial charge in [0.2, 0.25) is 0 Å². The van der Waals surface area contributed by atoms with Crippen molar-refractivity contribution >= 4 is 5.91 Å². The van der Waals surface area contributed by atoms with Gasteiger partial charge in [-0.15, -0.1) is 0 Å². The SMILES string of the molecule is COc1cc(F)c(C(=O)N2CCC(OCc3ccccn3)CC2)c(F)c1. The summed E-state index contributed by atoms with van der Waals surface area (Å²) in [4.78, 5) is 18.1. The van der Waals surface area contributed by atoms with Crippen LogP contribution in [-0.2, 0) is 11.3 Å². The fraction of sp³-hybridized carbons (Fsp3) is 0.368. The van der Waals surface area contributed by atoms with Crippen LogP contribution in [-0.4, -0.2) is 42.1 Å². The Hall–Kier alpha value is -2.54. The van der Waals surface area contributed by atoms with Crippen LogP contribution in [0.2, 0.25) is 0 Å². The molecular weight excluding hydrogens is 342 g/mol. The molecule has 2 aromatic rings. The standard InChI is InChI=1S/C19H20F2N2O3/c1-25-15-10-16(20)18(17(21)11-15)19(24)23-8-5-14(6-9-23)26-12-13-4-2-3-7-22-13/h2-4,7,10-11,14H,5-6,8-9,12H2,1H3. The highest BCUT2D eigenvalue weighted by Crippen LogP contribution is 2.24. The van der Waals surface area contributed by atoms with E-state index in [1.165, 1.54) is 12.0 Å². The van der Waals surface area contributed by atoms with Gasteiger partial charge in [-0.1, -0.05) is 6.07 Å². The van der Waals surface area contributed by atoms with Gasteiger partial charge in [0.05, 0.1) is 25.5 Å². The van der Waals surface area contributed by atoms with E-state index in [2.05, 4.69) is 4.98 Å². The van der Waals surface area contributed by atoms with Crippen molar-refractivity contribution in [3.63, 3.8) is 0 Å². The van der Waals surface area contributed by atoms with Crippen molar-refractivity contribution in [2.24, 2.45) is 0 Å². The van der Waals surface area contributed by atoms with E-state index in [0.29, 0.717) is 32.5 Å². The second-order valence-corrected chi connectivity index (χ2v) is 6.09. The van der Waals surface area contributed by atoms with E-state index >= 15 is 0 Å². The molecule has 0 bridgehead atoms. The lowest BCUT2D eigenvalue weighted by Gasteiger charge is -2.32. The second-order valence-electron chi connectivity index (χ2n) is 6.09. The van der Waals surface area contributed by atoms with E-state index in [9.17, 15) is 13.6 Å². The quantitative estimate of drug-likeness (QED) is 0.820. The van der Waals surface area contributed by atoms with Crippen LogP contribution in [0.5, 0.6) is 5.75 Å². The van der Waals surface area contributed by atoms with Crippen molar-refractivity contribution in [1.82, 2.24) is 9.88 Å². The third kappa shape index (κ3) is 4.16.